The van der Waals surface area contributed by atoms with Crippen LogP contribution in [0.3, 0.4) is 0 Å². The summed E-state index contributed by atoms with van der Waals surface area (Å²) in [6.45, 7) is 4.80. The highest BCUT2D eigenvalue weighted by atomic mass is 35.5. The van der Waals surface area contributed by atoms with Gasteiger partial charge in [-0.25, -0.2) is 0 Å². The average molecular weight is 227 g/mol. The molecule has 1 aliphatic heterocycles. The molecule has 1 saturated heterocycles. The molecule has 0 unspecified atom stereocenters. The average Bonchev–Trinajstić information content (AvgIpc) is 2.48. The zero-order valence-corrected chi connectivity index (χ0v) is 10.4. The van der Waals surface area contributed by atoms with Gasteiger partial charge in [-0.3, -0.25) is 0 Å². The Bertz CT molecular complexity index is 320. The van der Waals surface area contributed by atoms with Crippen LogP contribution in [-0.2, 0) is 5.41 Å². The van der Waals surface area contributed by atoms with E-state index in [4.69, 9.17) is 11.6 Å². The molecule has 1 aliphatic rings. The molecule has 0 spiro atoms. The summed E-state index contributed by atoms with van der Waals surface area (Å²) in [5.41, 5.74) is 1.89. The standard InChI is InChI=1S/C12H16ClP/c1-12(7-8-14(2)9-12)10-3-5-11(13)6-4-10/h3-6H,7-9H2,1-2H3/t12-,14+/m1/s1. The number of rotatable bonds is 1. The lowest BCUT2D eigenvalue weighted by atomic mass is 9.82. The molecule has 0 nitrogen and oxygen atoms in total. The Labute approximate surface area is 92.4 Å². The molecule has 0 aromatic heterocycles. The van der Waals surface area contributed by atoms with Crippen LogP contribution in [0.2, 0.25) is 5.02 Å². The van der Waals surface area contributed by atoms with Gasteiger partial charge in [0.1, 0.15) is 0 Å². The van der Waals surface area contributed by atoms with E-state index < -0.39 is 0 Å². The predicted octanol–water partition coefficient (Wildman–Crippen LogP) is 4.11. The second-order valence-corrected chi connectivity index (χ2v) is 7.47. The van der Waals surface area contributed by atoms with Crippen molar-refractivity contribution in [3.8, 4) is 0 Å². The second kappa shape index (κ2) is 3.83. The fourth-order valence-electron chi connectivity index (χ4n) is 2.28. The fourth-order valence-corrected chi connectivity index (χ4v) is 4.97. The van der Waals surface area contributed by atoms with E-state index in [0.29, 0.717) is 5.41 Å². The number of benzene rings is 1. The van der Waals surface area contributed by atoms with Crippen LogP contribution in [0, 0.1) is 0 Å². The van der Waals surface area contributed by atoms with Crippen molar-refractivity contribution in [3.63, 3.8) is 0 Å². The van der Waals surface area contributed by atoms with Crippen molar-refractivity contribution in [2.24, 2.45) is 0 Å². The molecule has 0 bridgehead atoms. The molecule has 2 rings (SSSR count). The van der Waals surface area contributed by atoms with Crippen molar-refractivity contribution in [3.05, 3.63) is 34.9 Å². The highest BCUT2D eigenvalue weighted by Gasteiger charge is 2.33. The maximum Gasteiger partial charge on any atom is 0.0406 e. The quantitative estimate of drug-likeness (QED) is 0.632. The van der Waals surface area contributed by atoms with E-state index in [1.807, 2.05) is 12.1 Å². The number of halogens is 1. The van der Waals surface area contributed by atoms with Crippen LogP contribution in [-0.4, -0.2) is 19.0 Å². The summed E-state index contributed by atoms with van der Waals surface area (Å²) in [6.07, 6.45) is 4.15. The minimum atomic E-state index is 0.283. The van der Waals surface area contributed by atoms with Crippen LogP contribution in [0.1, 0.15) is 18.9 Å². The van der Waals surface area contributed by atoms with Gasteiger partial charge in [0.15, 0.2) is 0 Å². The zero-order chi connectivity index (χ0) is 10.2. The van der Waals surface area contributed by atoms with Crippen LogP contribution in [0.5, 0.6) is 0 Å². The van der Waals surface area contributed by atoms with Crippen molar-refractivity contribution in [2.75, 3.05) is 19.0 Å². The summed E-state index contributed by atoms with van der Waals surface area (Å²) >= 11 is 5.90. The lowest BCUT2D eigenvalue weighted by Gasteiger charge is -2.24. The molecule has 2 heteroatoms. The van der Waals surface area contributed by atoms with E-state index in [1.54, 1.807) is 0 Å². The van der Waals surface area contributed by atoms with Crippen LogP contribution in [0.4, 0.5) is 0 Å². The third-order valence-corrected chi connectivity index (χ3v) is 5.68. The Kier molecular flexibility index (Phi) is 2.86. The first-order valence-corrected chi connectivity index (χ1v) is 7.58. The van der Waals surface area contributed by atoms with Crippen molar-refractivity contribution in [2.45, 2.75) is 18.8 Å². The van der Waals surface area contributed by atoms with Crippen LogP contribution < -0.4 is 0 Å². The number of hydrogen-bond acceptors (Lipinski definition) is 0. The van der Waals surface area contributed by atoms with Gasteiger partial charge in [0, 0.05) is 5.02 Å². The van der Waals surface area contributed by atoms with Crippen molar-refractivity contribution in [1.29, 1.82) is 0 Å². The molecule has 14 heavy (non-hydrogen) atoms. The Morgan fingerprint density at radius 2 is 1.93 bits per heavy atom. The molecule has 76 valence electrons. The van der Waals surface area contributed by atoms with Crippen molar-refractivity contribution in [1.82, 2.24) is 0 Å². The SMILES string of the molecule is C[P@@]1CC[C@@](C)(c2ccc(Cl)cc2)C1. The first kappa shape index (κ1) is 10.5. The summed E-state index contributed by atoms with van der Waals surface area (Å²) in [5.74, 6) is 0. The summed E-state index contributed by atoms with van der Waals surface area (Å²) in [6, 6.07) is 8.41. The minimum absolute atomic E-state index is 0.283. The van der Waals surface area contributed by atoms with Gasteiger partial charge in [-0.15, -0.1) is 7.92 Å². The van der Waals surface area contributed by atoms with E-state index in [1.165, 1.54) is 24.3 Å². The highest BCUT2D eigenvalue weighted by molar-refractivity contribution is 7.57. The van der Waals surface area contributed by atoms with Crippen LogP contribution >= 0.6 is 19.5 Å². The maximum atomic E-state index is 5.90. The van der Waals surface area contributed by atoms with E-state index in [2.05, 4.69) is 25.7 Å². The molecule has 2 atom stereocenters. The molecule has 1 aromatic carbocycles. The zero-order valence-electron chi connectivity index (χ0n) is 8.76. The van der Waals surface area contributed by atoms with Crippen LogP contribution in [0.25, 0.3) is 0 Å². The van der Waals surface area contributed by atoms with Gasteiger partial charge < -0.3 is 0 Å². The van der Waals surface area contributed by atoms with E-state index >= 15 is 0 Å². The molecular formula is C12H16ClP. The first-order chi connectivity index (χ1) is 6.60. The fraction of sp³-hybridized carbons (Fsp3) is 0.500. The summed E-state index contributed by atoms with van der Waals surface area (Å²) in [4.78, 5) is 0. The van der Waals surface area contributed by atoms with Gasteiger partial charge in [0.05, 0.1) is 0 Å². The predicted molar refractivity (Wildman–Crippen MR) is 66.0 cm³/mol. The summed E-state index contributed by atoms with van der Waals surface area (Å²) in [7, 11) is 0.283. The molecule has 0 saturated carbocycles. The van der Waals surface area contributed by atoms with Gasteiger partial charge in [0.2, 0.25) is 0 Å². The van der Waals surface area contributed by atoms with Gasteiger partial charge in [0.25, 0.3) is 0 Å². The highest BCUT2D eigenvalue weighted by Crippen LogP contribution is 2.50. The van der Waals surface area contributed by atoms with Crippen molar-refractivity contribution >= 4 is 19.5 Å². The minimum Gasteiger partial charge on any atom is -0.109 e. The van der Waals surface area contributed by atoms with Crippen LogP contribution in [0.15, 0.2) is 24.3 Å². The molecule has 1 heterocycles. The third kappa shape index (κ3) is 1.97. The lowest BCUT2D eigenvalue weighted by Crippen LogP contribution is -2.20. The van der Waals surface area contributed by atoms with Gasteiger partial charge >= 0.3 is 0 Å². The van der Waals surface area contributed by atoms with E-state index in [0.717, 1.165) is 5.02 Å². The van der Waals surface area contributed by atoms with E-state index in [9.17, 15) is 0 Å². The summed E-state index contributed by atoms with van der Waals surface area (Å²) in [5, 5.41) is 0.842. The first-order valence-electron chi connectivity index (χ1n) is 5.05. The summed E-state index contributed by atoms with van der Waals surface area (Å²) < 4.78 is 0. The molecule has 0 N–H and O–H groups in total. The Hall–Kier alpha value is -0.0600. The normalized spacial score (nSPS) is 32.1. The Balaban J connectivity index is 2.26. The van der Waals surface area contributed by atoms with Gasteiger partial charge in [-0.05, 0) is 48.5 Å². The van der Waals surface area contributed by atoms with Gasteiger partial charge in [-0.1, -0.05) is 30.7 Å². The topological polar surface area (TPSA) is 0 Å². The molecular weight excluding hydrogens is 211 g/mol. The maximum absolute atomic E-state index is 5.90. The second-order valence-electron chi connectivity index (χ2n) is 4.56. The molecule has 0 amide bonds. The molecule has 1 fully saturated rings. The third-order valence-electron chi connectivity index (χ3n) is 3.21. The van der Waals surface area contributed by atoms with E-state index in [-0.39, 0.29) is 7.92 Å². The monoisotopic (exact) mass is 226 g/mol. The molecule has 0 radical (unpaired) electrons. The van der Waals surface area contributed by atoms with Crippen molar-refractivity contribution < 1.29 is 0 Å². The Morgan fingerprint density at radius 1 is 1.29 bits per heavy atom. The Morgan fingerprint density at radius 3 is 2.43 bits per heavy atom. The molecule has 1 aromatic rings. The molecule has 0 aliphatic carbocycles. The number of hydrogen-bond donors (Lipinski definition) is 0. The largest absolute Gasteiger partial charge is 0.109 e. The smallest absolute Gasteiger partial charge is 0.0406 e. The van der Waals surface area contributed by atoms with Gasteiger partial charge in [-0.2, -0.15) is 0 Å². The lowest BCUT2D eigenvalue weighted by molar-refractivity contribution is 0.541.